The Morgan fingerprint density at radius 2 is 1.79 bits per heavy atom. The summed E-state index contributed by atoms with van der Waals surface area (Å²) in [6.07, 6.45) is 0. The molecule has 2 rings (SSSR count). The normalized spacial score (nSPS) is 12.5. The summed E-state index contributed by atoms with van der Waals surface area (Å²) in [6.45, 7) is 0. The van der Waals surface area contributed by atoms with Gasteiger partial charge in [0.1, 0.15) is 11.6 Å². The van der Waals surface area contributed by atoms with Crippen LogP contribution in [0, 0.1) is 11.6 Å². The molecule has 0 aliphatic rings. The Morgan fingerprint density at radius 1 is 1.11 bits per heavy atom. The zero-order valence-electron chi connectivity index (χ0n) is 10.1. The minimum absolute atomic E-state index is 0.381. The number of nitrogens with one attached hydrogen (secondary N) is 1. The molecule has 100 valence electrons. The Balaban J connectivity index is 2.50. The van der Waals surface area contributed by atoms with Gasteiger partial charge in [0.25, 0.3) is 0 Å². The number of hydrogen-bond acceptors (Lipinski definition) is 1. The second kappa shape index (κ2) is 5.99. The van der Waals surface area contributed by atoms with Crippen molar-refractivity contribution in [3.05, 3.63) is 68.7 Å². The summed E-state index contributed by atoms with van der Waals surface area (Å²) in [7, 11) is 1.72. The van der Waals surface area contributed by atoms with Gasteiger partial charge in [-0.15, -0.1) is 0 Å². The van der Waals surface area contributed by atoms with Crippen LogP contribution in [0.4, 0.5) is 8.78 Å². The van der Waals surface area contributed by atoms with Gasteiger partial charge in [0.2, 0.25) is 0 Å². The van der Waals surface area contributed by atoms with Crippen LogP contribution in [0.15, 0.2) is 40.9 Å². The highest BCUT2D eigenvalue weighted by Gasteiger charge is 2.19. The molecule has 0 aromatic heterocycles. The number of benzene rings is 2. The predicted molar refractivity (Wildman–Crippen MR) is 76.4 cm³/mol. The van der Waals surface area contributed by atoms with Crippen LogP contribution < -0.4 is 5.32 Å². The highest BCUT2D eigenvalue weighted by atomic mass is 79.9. The molecule has 0 bridgehead atoms. The van der Waals surface area contributed by atoms with Crippen molar-refractivity contribution in [3.63, 3.8) is 0 Å². The topological polar surface area (TPSA) is 12.0 Å². The Kier molecular flexibility index (Phi) is 4.55. The lowest BCUT2D eigenvalue weighted by atomic mass is 9.98. The van der Waals surface area contributed by atoms with Gasteiger partial charge in [-0.1, -0.05) is 39.7 Å². The molecule has 0 saturated carbocycles. The lowest BCUT2D eigenvalue weighted by Gasteiger charge is -2.19. The van der Waals surface area contributed by atoms with E-state index in [-0.39, 0.29) is 6.04 Å². The molecule has 0 amide bonds. The van der Waals surface area contributed by atoms with E-state index in [1.54, 1.807) is 25.2 Å². The monoisotopic (exact) mass is 345 g/mol. The smallest absolute Gasteiger partial charge is 0.131 e. The van der Waals surface area contributed by atoms with E-state index in [0.29, 0.717) is 10.6 Å². The fraction of sp³-hybridized carbons (Fsp3) is 0.143. The first-order valence-electron chi connectivity index (χ1n) is 5.60. The molecule has 2 aromatic rings. The van der Waals surface area contributed by atoms with Crippen LogP contribution >= 0.6 is 27.5 Å². The molecule has 5 heteroatoms. The van der Waals surface area contributed by atoms with Gasteiger partial charge in [0.05, 0.1) is 6.04 Å². The zero-order chi connectivity index (χ0) is 14.0. The Bertz CT molecular complexity index is 552. The molecule has 2 aromatic carbocycles. The van der Waals surface area contributed by atoms with E-state index in [1.807, 2.05) is 0 Å². The van der Waals surface area contributed by atoms with Gasteiger partial charge < -0.3 is 5.32 Å². The van der Waals surface area contributed by atoms with E-state index in [4.69, 9.17) is 11.6 Å². The van der Waals surface area contributed by atoms with Crippen LogP contribution in [-0.4, -0.2) is 7.05 Å². The molecule has 1 atom stereocenters. The van der Waals surface area contributed by atoms with Crippen LogP contribution in [0.5, 0.6) is 0 Å². The van der Waals surface area contributed by atoms with Crippen LogP contribution in [0.25, 0.3) is 0 Å². The van der Waals surface area contributed by atoms with Crippen molar-refractivity contribution in [2.24, 2.45) is 0 Å². The van der Waals surface area contributed by atoms with Crippen molar-refractivity contribution in [1.29, 1.82) is 0 Å². The van der Waals surface area contributed by atoms with Gasteiger partial charge in [-0.3, -0.25) is 0 Å². The number of rotatable bonds is 3. The lowest BCUT2D eigenvalue weighted by molar-refractivity contribution is 0.551. The van der Waals surface area contributed by atoms with Crippen LogP contribution in [0.3, 0.4) is 0 Å². The summed E-state index contributed by atoms with van der Waals surface area (Å²) in [5.74, 6) is -1.17. The molecule has 0 fully saturated rings. The summed E-state index contributed by atoms with van der Waals surface area (Å²) in [5, 5.41) is 3.61. The maximum absolute atomic E-state index is 13.9. The van der Waals surface area contributed by atoms with Crippen molar-refractivity contribution in [3.8, 4) is 0 Å². The molecular weight excluding hydrogens is 336 g/mol. The third kappa shape index (κ3) is 3.14. The Labute approximate surface area is 123 Å². The Hall–Kier alpha value is -0.970. The standard InChI is InChI=1S/C14H11BrClF2N/c1-19-14(10-4-2-8(16)6-12(10)15)11-5-3-9(17)7-13(11)18/h2-7,14,19H,1H3. The van der Waals surface area contributed by atoms with Crippen LogP contribution in [0.2, 0.25) is 5.02 Å². The third-order valence-corrected chi connectivity index (χ3v) is 3.76. The summed E-state index contributed by atoms with van der Waals surface area (Å²) < 4.78 is 27.6. The highest BCUT2D eigenvalue weighted by molar-refractivity contribution is 9.10. The molecule has 19 heavy (non-hydrogen) atoms. The van der Waals surface area contributed by atoms with Crippen molar-refractivity contribution in [2.45, 2.75) is 6.04 Å². The Morgan fingerprint density at radius 3 is 2.37 bits per heavy atom. The predicted octanol–water partition coefficient (Wildman–Crippen LogP) is 4.69. The summed E-state index contributed by atoms with van der Waals surface area (Å²) in [4.78, 5) is 0. The molecule has 0 aliphatic carbocycles. The second-order valence-electron chi connectivity index (χ2n) is 4.05. The van der Waals surface area contributed by atoms with Gasteiger partial charge in [-0.25, -0.2) is 8.78 Å². The lowest BCUT2D eigenvalue weighted by Crippen LogP contribution is -2.19. The quantitative estimate of drug-likeness (QED) is 0.850. The molecule has 0 radical (unpaired) electrons. The molecule has 0 spiro atoms. The number of halogens is 4. The molecule has 1 N–H and O–H groups in total. The first kappa shape index (κ1) is 14.4. The SMILES string of the molecule is CNC(c1ccc(F)cc1F)c1ccc(Cl)cc1Br. The van der Waals surface area contributed by atoms with Crippen molar-refractivity contribution < 1.29 is 8.78 Å². The zero-order valence-corrected chi connectivity index (χ0v) is 12.4. The van der Waals surface area contributed by atoms with Gasteiger partial charge in [-0.2, -0.15) is 0 Å². The summed E-state index contributed by atoms with van der Waals surface area (Å²) in [6, 6.07) is 8.45. The molecule has 0 heterocycles. The largest absolute Gasteiger partial charge is 0.309 e. The van der Waals surface area contributed by atoms with E-state index in [1.165, 1.54) is 12.1 Å². The second-order valence-corrected chi connectivity index (χ2v) is 5.34. The third-order valence-electron chi connectivity index (χ3n) is 2.84. The van der Waals surface area contributed by atoms with Crippen molar-refractivity contribution in [2.75, 3.05) is 7.05 Å². The van der Waals surface area contributed by atoms with E-state index < -0.39 is 11.6 Å². The first-order chi connectivity index (χ1) is 9.02. The van der Waals surface area contributed by atoms with Crippen LogP contribution in [0.1, 0.15) is 17.2 Å². The van der Waals surface area contributed by atoms with E-state index in [2.05, 4.69) is 21.2 Å². The van der Waals surface area contributed by atoms with E-state index in [9.17, 15) is 8.78 Å². The average molecular weight is 347 g/mol. The van der Waals surface area contributed by atoms with Gasteiger partial charge in [0, 0.05) is 21.1 Å². The minimum atomic E-state index is -0.591. The molecular formula is C14H11BrClF2N. The minimum Gasteiger partial charge on any atom is -0.309 e. The van der Waals surface area contributed by atoms with Crippen LogP contribution in [-0.2, 0) is 0 Å². The van der Waals surface area contributed by atoms with Gasteiger partial charge >= 0.3 is 0 Å². The fourth-order valence-corrected chi connectivity index (χ4v) is 2.86. The fourth-order valence-electron chi connectivity index (χ4n) is 1.95. The molecule has 0 saturated heterocycles. The van der Waals surface area contributed by atoms with Gasteiger partial charge in [-0.05, 0) is 30.8 Å². The van der Waals surface area contributed by atoms with Crippen molar-refractivity contribution >= 4 is 27.5 Å². The summed E-state index contributed by atoms with van der Waals surface area (Å²) in [5.41, 5.74) is 1.21. The van der Waals surface area contributed by atoms with E-state index in [0.717, 1.165) is 16.1 Å². The summed E-state index contributed by atoms with van der Waals surface area (Å²) >= 11 is 9.29. The first-order valence-corrected chi connectivity index (χ1v) is 6.77. The average Bonchev–Trinajstić information content (AvgIpc) is 2.34. The number of hydrogen-bond donors (Lipinski definition) is 1. The maximum atomic E-state index is 13.9. The molecule has 1 unspecified atom stereocenters. The highest BCUT2D eigenvalue weighted by Crippen LogP contribution is 2.31. The maximum Gasteiger partial charge on any atom is 0.131 e. The molecule has 0 aliphatic heterocycles. The van der Waals surface area contributed by atoms with E-state index >= 15 is 0 Å². The molecule has 1 nitrogen and oxygen atoms in total. The van der Waals surface area contributed by atoms with Gasteiger partial charge in [0.15, 0.2) is 0 Å². The van der Waals surface area contributed by atoms with Crippen molar-refractivity contribution in [1.82, 2.24) is 5.32 Å².